The first-order valence-electron chi connectivity index (χ1n) is 5.41. The second-order valence-electron chi connectivity index (χ2n) is 3.81. The Morgan fingerprint density at radius 2 is 2.25 bits per heavy atom. The Morgan fingerprint density at radius 3 is 2.80 bits per heavy atom. The van der Waals surface area contributed by atoms with Gasteiger partial charge in [-0.1, -0.05) is 16.8 Å². The third kappa shape index (κ3) is 3.14. The molecule has 9 heteroatoms. The van der Waals surface area contributed by atoms with E-state index < -0.39 is 10.0 Å². The summed E-state index contributed by atoms with van der Waals surface area (Å²) in [6.07, 6.45) is 0. The smallest absolute Gasteiger partial charge is 0.241 e. The van der Waals surface area contributed by atoms with Crippen LogP contribution < -0.4 is 4.72 Å². The molecule has 104 valence electrons. The van der Waals surface area contributed by atoms with E-state index in [1.54, 1.807) is 6.92 Å². The van der Waals surface area contributed by atoms with Crippen molar-refractivity contribution in [3.05, 3.63) is 40.5 Å². The average Bonchev–Trinajstić information content (AvgIpc) is 2.82. The van der Waals surface area contributed by atoms with Gasteiger partial charge in [0.2, 0.25) is 15.9 Å². The van der Waals surface area contributed by atoms with Crippen LogP contribution in [0.5, 0.6) is 0 Å². The van der Waals surface area contributed by atoms with Crippen LogP contribution in [0.2, 0.25) is 5.02 Å². The molecule has 0 saturated carbocycles. The molecule has 1 heterocycles. The lowest BCUT2D eigenvalue weighted by Crippen LogP contribution is -2.23. The summed E-state index contributed by atoms with van der Waals surface area (Å²) >= 11 is 5.80. The number of sulfonamides is 1. The number of benzene rings is 1. The number of hydrogen-bond acceptors (Lipinski definition) is 6. The molecule has 0 aliphatic heterocycles. The molecule has 0 fully saturated rings. The number of hydrogen-bond donors (Lipinski definition) is 1. The van der Waals surface area contributed by atoms with Crippen LogP contribution in [0.1, 0.15) is 17.3 Å². The van der Waals surface area contributed by atoms with Gasteiger partial charge >= 0.3 is 0 Å². The number of halogens is 1. The summed E-state index contributed by atoms with van der Waals surface area (Å²) in [5, 5.41) is 12.4. The van der Waals surface area contributed by atoms with Gasteiger partial charge in [0.05, 0.1) is 22.0 Å². The molecule has 2 rings (SSSR count). The lowest BCUT2D eigenvalue weighted by atomic mass is 10.2. The Balaban J connectivity index is 2.18. The number of nitriles is 1. The highest BCUT2D eigenvalue weighted by Crippen LogP contribution is 2.20. The Labute approximate surface area is 120 Å². The van der Waals surface area contributed by atoms with E-state index in [1.165, 1.54) is 18.2 Å². The minimum absolute atomic E-state index is 0.0438. The van der Waals surface area contributed by atoms with Gasteiger partial charge < -0.3 is 4.52 Å². The van der Waals surface area contributed by atoms with E-state index in [1.807, 2.05) is 6.07 Å². The van der Waals surface area contributed by atoms with Gasteiger partial charge in [-0.2, -0.15) is 10.2 Å². The van der Waals surface area contributed by atoms with E-state index in [0.29, 0.717) is 5.82 Å². The summed E-state index contributed by atoms with van der Waals surface area (Å²) in [6, 6.07) is 5.70. The maximum absolute atomic E-state index is 12.0. The van der Waals surface area contributed by atoms with Gasteiger partial charge in [-0.3, -0.25) is 0 Å². The molecular weight excluding hydrogens is 304 g/mol. The SMILES string of the molecule is Cc1noc(CNS(=O)(=O)c2ccc(C#N)c(Cl)c2)n1. The van der Waals surface area contributed by atoms with Crippen LogP contribution in [0.4, 0.5) is 0 Å². The van der Waals surface area contributed by atoms with E-state index >= 15 is 0 Å². The summed E-state index contributed by atoms with van der Waals surface area (Å²) in [4.78, 5) is 3.83. The summed E-state index contributed by atoms with van der Waals surface area (Å²) in [7, 11) is -3.77. The topological polar surface area (TPSA) is 109 Å². The van der Waals surface area contributed by atoms with Gasteiger partial charge in [0, 0.05) is 0 Å². The van der Waals surface area contributed by atoms with Crippen molar-refractivity contribution >= 4 is 21.6 Å². The summed E-state index contributed by atoms with van der Waals surface area (Å²) in [5.74, 6) is 0.575. The van der Waals surface area contributed by atoms with Crippen LogP contribution >= 0.6 is 11.6 Å². The Morgan fingerprint density at radius 1 is 1.50 bits per heavy atom. The van der Waals surface area contributed by atoms with Gasteiger partial charge in [-0.15, -0.1) is 0 Å². The summed E-state index contributed by atoms with van der Waals surface area (Å²) in [5.41, 5.74) is 0.207. The second kappa shape index (κ2) is 5.58. The van der Waals surface area contributed by atoms with Crippen LogP contribution in [0.15, 0.2) is 27.6 Å². The number of nitrogens with one attached hydrogen (secondary N) is 1. The molecule has 0 saturated heterocycles. The minimum atomic E-state index is -3.77. The van der Waals surface area contributed by atoms with Crippen LogP contribution in [-0.4, -0.2) is 18.6 Å². The highest BCUT2D eigenvalue weighted by atomic mass is 35.5. The normalized spacial score (nSPS) is 11.2. The Bertz CT molecular complexity index is 779. The molecule has 0 unspecified atom stereocenters. The van der Waals surface area contributed by atoms with Gasteiger partial charge in [0.15, 0.2) is 5.82 Å². The van der Waals surface area contributed by atoms with Crippen molar-refractivity contribution in [3.63, 3.8) is 0 Å². The molecule has 1 N–H and O–H groups in total. The van der Waals surface area contributed by atoms with Crippen molar-refractivity contribution in [2.75, 3.05) is 0 Å². The summed E-state index contributed by atoms with van der Waals surface area (Å²) in [6.45, 7) is 1.50. The van der Waals surface area contributed by atoms with Crippen LogP contribution in [0.3, 0.4) is 0 Å². The van der Waals surface area contributed by atoms with Gasteiger partial charge in [-0.25, -0.2) is 13.1 Å². The quantitative estimate of drug-likeness (QED) is 0.913. The standard InChI is InChI=1S/C11H9ClN4O3S/c1-7-15-11(19-16-7)6-14-20(17,18)9-3-2-8(5-13)10(12)4-9/h2-4,14H,6H2,1H3. The molecular formula is C11H9ClN4O3S. The second-order valence-corrected chi connectivity index (χ2v) is 5.99. The molecule has 1 aromatic carbocycles. The van der Waals surface area contributed by atoms with Crippen LogP contribution in [0.25, 0.3) is 0 Å². The fourth-order valence-electron chi connectivity index (χ4n) is 1.41. The zero-order valence-electron chi connectivity index (χ0n) is 10.3. The van der Waals surface area contributed by atoms with E-state index in [2.05, 4.69) is 14.9 Å². The van der Waals surface area contributed by atoms with Crippen molar-refractivity contribution in [1.82, 2.24) is 14.9 Å². The molecule has 0 spiro atoms. The molecule has 0 bridgehead atoms. The van der Waals surface area contributed by atoms with Crippen LogP contribution in [-0.2, 0) is 16.6 Å². The zero-order chi connectivity index (χ0) is 14.8. The van der Waals surface area contributed by atoms with E-state index in [4.69, 9.17) is 21.4 Å². The van der Waals surface area contributed by atoms with Gasteiger partial charge in [0.25, 0.3) is 0 Å². The zero-order valence-corrected chi connectivity index (χ0v) is 11.9. The third-order valence-corrected chi connectivity index (χ3v) is 4.07. The van der Waals surface area contributed by atoms with Gasteiger partial charge in [-0.05, 0) is 25.1 Å². The fourth-order valence-corrected chi connectivity index (χ4v) is 2.69. The van der Waals surface area contributed by atoms with E-state index in [0.717, 1.165) is 0 Å². The number of aromatic nitrogens is 2. The third-order valence-electron chi connectivity index (χ3n) is 2.35. The highest BCUT2D eigenvalue weighted by Gasteiger charge is 2.17. The predicted molar refractivity (Wildman–Crippen MR) is 69.2 cm³/mol. The molecule has 7 nitrogen and oxygen atoms in total. The molecule has 1 aromatic heterocycles. The molecule has 0 aliphatic carbocycles. The first-order valence-corrected chi connectivity index (χ1v) is 7.27. The maximum Gasteiger partial charge on any atom is 0.241 e. The lowest BCUT2D eigenvalue weighted by Gasteiger charge is -2.05. The van der Waals surface area contributed by atoms with Crippen LogP contribution in [0, 0.1) is 18.3 Å². The molecule has 0 amide bonds. The first-order chi connectivity index (χ1) is 9.42. The predicted octanol–water partition coefficient (Wildman–Crippen LogP) is 1.38. The lowest BCUT2D eigenvalue weighted by molar-refractivity contribution is 0.372. The van der Waals surface area contributed by atoms with Crippen molar-refractivity contribution in [2.24, 2.45) is 0 Å². The minimum Gasteiger partial charge on any atom is -0.338 e. The fraction of sp³-hybridized carbons (Fsp3) is 0.182. The van der Waals surface area contributed by atoms with Crippen molar-refractivity contribution < 1.29 is 12.9 Å². The van der Waals surface area contributed by atoms with Crippen molar-refractivity contribution in [2.45, 2.75) is 18.4 Å². The number of rotatable bonds is 4. The summed E-state index contributed by atoms with van der Waals surface area (Å²) < 4.78 is 31.1. The monoisotopic (exact) mass is 312 g/mol. The van der Waals surface area contributed by atoms with Crippen molar-refractivity contribution in [3.8, 4) is 6.07 Å². The number of nitrogens with zero attached hydrogens (tertiary/aromatic N) is 3. The van der Waals surface area contributed by atoms with Crippen molar-refractivity contribution in [1.29, 1.82) is 5.26 Å². The Hall–Kier alpha value is -1.95. The molecule has 2 aromatic rings. The van der Waals surface area contributed by atoms with E-state index in [9.17, 15) is 8.42 Å². The molecule has 0 atom stereocenters. The molecule has 0 radical (unpaired) electrons. The maximum atomic E-state index is 12.0. The van der Waals surface area contributed by atoms with Gasteiger partial charge in [0.1, 0.15) is 6.07 Å². The highest BCUT2D eigenvalue weighted by molar-refractivity contribution is 7.89. The average molecular weight is 313 g/mol. The Kier molecular flexibility index (Phi) is 4.04. The number of aryl methyl sites for hydroxylation is 1. The largest absolute Gasteiger partial charge is 0.338 e. The molecule has 20 heavy (non-hydrogen) atoms. The first kappa shape index (κ1) is 14.5. The molecule has 0 aliphatic rings. The van der Waals surface area contributed by atoms with E-state index in [-0.39, 0.29) is 27.9 Å².